The molecule has 1 aliphatic heterocycles. The van der Waals surface area contributed by atoms with E-state index in [2.05, 4.69) is 9.88 Å². The largest absolute Gasteiger partial charge is 0.357 e. The maximum Gasteiger partial charge on any atom is 0.290 e. The molecule has 1 fully saturated rings. The molecule has 2 heterocycles. The number of aryl methyl sites for hydroxylation is 1. The van der Waals surface area contributed by atoms with E-state index in [0.717, 1.165) is 18.9 Å². The number of anilines is 1. The Kier molecular flexibility index (Phi) is 3.03. The number of aromatic nitrogens is 1. The van der Waals surface area contributed by atoms with Gasteiger partial charge in [-0.1, -0.05) is 0 Å². The van der Waals surface area contributed by atoms with Crippen LogP contribution in [-0.4, -0.2) is 23.0 Å². The molecule has 0 radical (unpaired) electrons. The van der Waals surface area contributed by atoms with Gasteiger partial charge in [-0.25, -0.2) is 4.98 Å². The molecule has 0 bridgehead atoms. The van der Waals surface area contributed by atoms with Crippen molar-refractivity contribution in [1.29, 1.82) is 0 Å². The fraction of sp³-hybridized carbons (Fsp3) is 0.545. The van der Waals surface area contributed by atoms with Crippen LogP contribution in [0.15, 0.2) is 12.3 Å². The summed E-state index contributed by atoms with van der Waals surface area (Å²) in [6.45, 7) is 3.77. The minimum Gasteiger partial charge on any atom is -0.357 e. The van der Waals surface area contributed by atoms with Crippen LogP contribution in [0.5, 0.6) is 0 Å². The van der Waals surface area contributed by atoms with Gasteiger partial charge in [-0.2, -0.15) is 0 Å². The molecule has 86 valence electrons. The molecule has 0 spiro atoms. The normalized spacial score (nSPS) is 16.2. The van der Waals surface area contributed by atoms with E-state index < -0.39 is 0 Å². The van der Waals surface area contributed by atoms with Gasteiger partial charge in [0.15, 0.2) is 0 Å². The lowest BCUT2D eigenvalue weighted by atomic mass is 10.1. The molecule has 16 heavy (non-hydrogen) atoms. The monoisotopic (exact) mass is 221 g/mol. The summed E-state index contributed by atoms with van der Waals surface area (Å²) < 4.78 is 0. The van der Waals surface area contributed by atoms with Crippen LogP contribution in [-0.2, 0) is 0 Å². The van der Waals surface area contributed by atoms with Crippen LogP contribution >= 0.6 is 0 Å². The lowest BCUT2D eigenvalue weighted by Crippen LogP contribution is -2.30. The van der Waals surface area contributed by atoms with Crippen LogP contribution < -0.4 is 4.90 Å². The average molecular weight is 221 g/mol. The lowest BCUT2D eigenvalue weighted by molar-refractivity contribution is -0.385. The zero-order chi connectivity index (χ0) is 11.5. The Labute approximate surface area is 94.2 Å². The summed E-state index contributed by atoms with van der Waals surface area (Å²) in [7, 11) is 0. The van der Waals surface area contributed by atoms with Crippen molar-refractivity contribution in [2.75, 3.05) is 18.0 Å². The van der Waals surface area contributed by atoms with Gasteiger partial charge in [0.1, 0.15) is 12.0 Å². The molecule has 5 nitrogen and oxygen atoms in total. The van der Waals surface area contributed by atoms with E-state index in [1.807, 2.05) is 6.07 Å². The highest BCUT2D eigenvalue weighted by atomic mass is 16.6. The number of nitrogens with zero attached hydrogens (tertiary/aromatic N) is 3. The van der Waals surface area contributed by atoms with Gasteiger partial charge in [0.2, 0.25) is 0 Å². The first-order chi connectivity index (χ1) is 7.68. The van der Waals surface area contributed by atoms with Crippen LogP contribution in [0.1, 0.15) is 24.8 Å². The highest BCUT2D eigenvalue weighted by Crippen LogP contribution is 2.23. The third-order valence-electron chi connectivity index (χ3n) is 2.95. The fourth-order valence-corrected chi connectivity index (χ4v) is 2.02. The van der Waals surface area contributed by atoms with Crippen molar-refractivity contribution in [3.63, 3.8) is 0 Å². The second-order valence-electron chi connectivity index (χ2n) is 4.13. The maximum absolute atomic E-state index is 10.7. The molecule has 1 aliphatic rings. The SMILES string of the molecule is Cc1cc(N2CCCCC2)ncc1[N+](=O)[O-]. The summed E-state index contributed by atoms with van der Waals surface area (Å²) in [5.41, 5.74) is 0.779. The zero-order valence-electron chi connectivity index (χ0n) is 9.35. The summed E-state index contributed by atoms with van der Waals surface area (Å²) in [5.74, 6) is 0.864. The number of pyridine rings is 1. The number of piperidine rings is 1. The topological polar surface area (TPSA) is 59.3 Å². The molecule has 0 atom stereocenters. The minimum atomic E-state index is -0.387. The standard InChI is InChI=1S/C11H15N3O2/c1-9-7-11(12-8-10(9)14(15)16)13-5-3-2-4-6-13/h7-8H,2-6H2,1H3. The van der Waals surface area contributed by atoms with Crippen molar-refractivity contribution in [1.82, 2.24) is 4.98 Å². The molecular weight excluding hydrogens is 206 g/mol. The van der Waals surface area contributed by atoms with Gasteiger partial charge in [0.25, 0.3) is 5.69 Å². The van der Waals surface area contributed by atoms with E-state index in [4.69, 9.17) is 0 Å². The summed E-state index contributed by atoms with van der Waals surface area (Å²) in [6.07, 6.45) is 4.98. The number of hydrogen-bond donors (Lipinski definition) is 0. The van der Waals surface area contributed by atoms with E-state index in [1.165, 1.54) is 25.5 Å². The number of nitro groups is 1. The number of rotatable bonds is 2. The fourth-order valence-electron chi connectivity index (χ4n) is 2.02. The average Bonchev–Trinajstić information content (AvgIpc) is 2.29. The molecule has 1 saturated heterocycles. The molecule has 1 aromatic heterocycles. The van der Waals surface area contributed by atoms with Crippen LogP contribution in [0, 0.1) is 17.0 Å². The summed E-state index contributed by atoms with van der Waals surface area (Å²) in [5, 5.41) is 10.7. The van der Waals surface area contributed by atoms with Crippen LogP contribution in [0.3, 0.4) is 0 Å². The van der Waals surface area contributed by atoms with Gasteiger partial charge in [-0.3, -0.25) is 10.1 Å². The van der Waals surface area contributed by atoms with Crippen molar-refractivity contribution in [2.45, 2.75) is 26.2 Å². The first-order valence-electron chi connectivity index (χ1n) is 5.54. The molecule has 0 saturated carbocycles. The molecule has 5 heteroatoms. The van der Waals surface area contributed by atoms with Gasteiger partial charge in [0.05, 0.1) is 4.92 Å². The predicted octanol–water partition coefficient (Wildman–Crippen LogP) is 2.29. The minimum absolute atomic E-state index is 0.0979. The van der Waals surface area contributed by atoms with Crippen molar-refractivity contribution in [3.8, 4) is 0 Å². The van der Waals surface area contributed by atoms with Gasteiger partial charge in [0, 0.05) is 18.7 Å². The Morgan fingerprint density at radius 3 is 2.62 bits per heavy atom. The molecule has 0 unspecified atom stereocenters. The predicted molar refractivity (Wildman–Crippen MR) is 61.7 cm³/mol. The van der Waals surface area contributed by atoms with Gasteiger partial charge in [-0.05, 0) is 32.3 Å². The first kappa shape index (κ1) is 10.9. The van der Waals surface area contributed by atoms with Crippen LogP contribution in [0.2, 0.25) is 0 Å². The van der Waals surface area contributed by atoms with Crippen LogP contribution in [0.25, 0.3) is 0 Å². The van der Waals surface area contributed by atoms with E-state index in [9.17, 15) is 10.1 Å². The summed E-state index contributed by atoms with van der Waals surface area (Å²) in [6, 6.07) is 1.81. The summed E-state index contributed by atoms with van der Waals surface area (Å²) in [4.78, 5) is 16.6. The molecule has 2 rings (SSSR count). The number of hydrogen-bond acceptors (Lipinski definition) is 4. The Morgan fingerprint density at radius 2 is 2.06 bits per heavy atom. The Morgan fingerprint density at radius 1 is 1.38 bits per heavy atom. The molecule has 0 aromatic carbocycles. The van der Waals surface area contributed by atoms with Crippen molar-refractivity contribution < 1.29 is 4.92 Å². The Bertz CT molecular complexity index is 400. The van der Waals surface area contributed by atoms with E-state index in [-0.39, 0.29) is 10.6 Å². The van der Waals surface area contributed by atoms with E-state index in [0.29, 0.717) is 5.56 Å². The van der Waals surface area contributed by atoms with Crippen molar-refractivity contribution >= 4 is 11.5 Å². The Balaban J connectivity index is 2.23. The van der Waals surface area contributed by atoms with Crippen molar-refractivity contribution in [2.24, 2.45) is 0 Å². The van der Waals surface area contributed by atoms with Gasteiger partial charge in [-0.15, -0.1) is 0 Å². The molecule has 0 amide bonds. The second-order valence-corrected chi connectivity index (χ2v) is 4.13. The molecule has 0 N–H and O–H groups in total. The van der Waals surface area contributed by atoms with Gasteiger partial charge >= 0.3 is 0 Å². The third-order valence-corrected chi connectivity index (χ3v) is 2.95. The second kappa shape index (κ2) is 4.47. The zero-order valence-corrected chi connectivity index (χ0v) is 9.35. The molecular formula is C11H15N3O2. The highest BCUT2D eigenvalue weighted by molar-refractivity contribution is 5.48. The highest BCUT2D eigenvalue weighted by Gasteiger charge is 2.16. The first-order valence-corrected chi connectivity index (χ1v) is 5.54. The third kappa shape index (κ3) is 2.13. The molecule has 0 aliphatic carbocycles. The van der Waals surface area contributed by atoms with Gasteiger partial charge < -0.3 is 4.90 Å². The van der Waals surface area contributed by atoms with E-state index in [1.54, 1.807) is 6.92 Å². The summed E-state index contributed by atoms with van der Waals surface area (Å²) >= 11 is 0. The van der Waals surface area contributed by atoms with E-state index >= 15 is 0 Å². The van der Waals surface area contributed by atoms with Crippen LogP contribution in [0.4, 0.5) is 11.5 Å². The maximum atomic E-state index is 10.7. The smallest absolute Gasteiger partial charge is 0.290 e. The molecule has 1 aromatic rings. The lowest BCUT2D eigenvalue weighted by Gasteiger charge is -2.27. The quantitative estimate of drug-likeness (QED) is 0.568. The van der Waals surface area contributed by atoms with Crippen molar-refractivity contribution in [3.05, 3.63) is 27.9 Å². The Hall–Kier alpha value is -1.65.